The molecule has 2 aromatic rings. The average molecular weight is 325 g/mol. The van der Waals surface area contributed by atoms with Crippen LogP contribution in [0.2, 0.25) is 0 Å². The Morgan fingerprint density at radius 2 is 1.46 bits per heavy atom. The quantitative estimate of drug-likeness (QED) is 0.751. The summed E-state index contributed by atoms with van der Waals surface area (Å²) in [5, 5.41) is 8.39. The molecule has 0 spiro atoms. The largest absolute Gasteiger partial charge is 0.334 e. The monoisotopic (exact) mass is 325 g/mol. The second-order valence-electron chi connectivity index (χ2n) is 6.02. The highest BCUT2D eigenvalue weighted by Gasteiger charge is 2.06. The predicted octanol–water partition coefficient (Wildman–Crippen LogP) is 3.99. The number of carbonyl (C=O) groups is 2. The van der Waals surface area contributed by atoms with E-state index >= 15 is 0 Å². The Labute approximate surface area is 142 Å². The summed E-state index contributed by atoms with van der Waals surface area (Å²) in [6.45, 7) is 4.47. The highest BCUT2D eigenvalue weighted by Crippen LogP contribution is 2.14. The van der Waals surface area contributed by atoms with Crippen LogP contribution in [0, 0.1) is 5.92 Å². The lowest BCUT2D eigenvalue weighted by atomic mass is 10.1. The molecular weight excluding hydrogens is 302 g/mol. The molecule has 0 saturated heterocycles. The van der Waals surface area contributed by atoms with Gasteiger partial charge >= 0.3 is 6.03 Å². The van der Waals surface area contributed by atoms with E-state index in [9.17, 15) is 9.59 Å². The summed E-state index contributed by atoms with van der Waals surface area (Å²) in [6, 6.07) is 16.5. The second-order valence-corrected chi connectivity index (χ2v) is 6.02. The van der Waals surface area contributed by atoms with Crippen molar-refractivity contribution < 1.29 is 9.59 Å². The van der Waals surface area contributed by atoms with Crippen molar-refractivity contribution in [3.05, 3.63) is 60.2 Å². The number of amides is 3. The fourth-order valence-corrected chi connectivity index (χ4v) is 2.17. The van der Waals surface area contributed by atoms with Crippen molar-refractivity contribution in [1.29, 1.82) is 0 Å². The molecule has 0 heterocycles. The van der Waals surface area contributed by atoms with Crippen molar-refractivity contribution in [3.63, 3.8) is 0 Å². The molecule has 0 aromatic heterocycles. The number of urea groups is 1. The zero-order valence-electron chi connectivity index (χ0n) is 14.0. The fourth-order valence-electron chi connectivity index (χ4n) is 2.17. The Morgan fingerprint density at radius 3 is 2.04 bits per heavy atom. The van der Waals surface area contributed by atoms with Crippen LogP contribution in [0.25, 0.3) is 0 Å². The van der Waals surface area contributed by atoms with Gasteiger partial charge in [0.2, 0.25) is 5.91 Å². The number of rotatable bonds is 6. The van der Waals surface area contributed by atoms with E-state index in [4.69, 9.17) is 0 Å². The van der Waals surface area contributed by atoms with E-state index in [0.717, 1.165) is 11.3 Å². The lowest BCUT2D eigenvalue weighted by molar-refractivity contribution is -0.116. The number of benzene rings is 2. The standard InChI is InChI=1S/C19H23N3O2/c1-14(2)12-18(23)21-16-8-10-17(11-9-16)22-19(24)20-13-15-6-4-3-5-7-15/h3-11,14H,12-13H2,1-2H3,(H,21,23)(H2,20,22,24). The van der Waals surface area contributed by atoms with Gasteiger partial charge in [-0.3, -0.25) is 4.79 Å². The molecule has 0 aliphatic carbocycles. The van der Waals surface area contributed by atoms with Gasteiger partial charge in [-0.25, -0.2) is 4.79 Å². The minimum atomic E-state index is -0.268. The van der Waals surface area contributed by atoms with Gasteiger partial charge in [0.1, 0.15) is 0 Å². The number of carbonyl (C=O) groups excluding carboxylic acids is 2. The first kappa shape index (κ1) is 17.5. The number of nitrogens with one attached hydrogen (secondary N) is 3. The molecule has 0 aliphatic rings. The topological polar surface area (TPSA) is 70.2 Å². The first-order valence-electron chi connectivity index (χ1n) is 8.01. The molecule has 24 heavy (non-hydrogen) atoms. The molecule has 3 N–H and O–H groups in total. The molecule has 126 valence electrons. The van der Waals surface area contributed by atoms with Crippen molar-refractivity contribution in [2.45, 2.75) is 26.8 Å². The third-order valence-electron chi connectivity index (χ3n) is 3.32. The number of hydrogen-bond acceptors (Lipinski definition) is 2. The third-order valence-corrected chi connectivity index (χ3v) is 3.32. The van der Waals surface area contributed by atoms with Crippen LogP contribution in [0.5, 0.6) is 0 Å². The van der Waals surface area contributed by atoms with E-state index in [1.165, 1.54) is 0 Å². The van der Waals surface area contributed by atoms with Crippen molar-refractivity contribution in [1.82, 2.24) is 5.32 Å². The lowest BCUT2D eigenvalue weighted by Gasteiger charge is -2.10. The molecule has 0 radical (unpaired) electrons. The molecular formula is C19H23N3O2. The van der Waals surface area contributed by atoms with Gasteiger partial charge in [0.15, 0.2) is 0 Å². The van der Waals surface area contributed by atoms with Gasteiger partial charge in [0.25, 0.3) is 0 Å². The van der Waals surface area contributed by atoms with Gasteiger partial charge in [-0.15, -0.1) is 0 Å². The Kier molecular flexibility index (Phi) is 6.37. The summed E-state index contributed by atoms with van der Waals surface area (Å²) in [5.41, 5.74) is 2.43. The maximum atomic E-state index is 11.9. The van der Waals surface area contributed by atoms with Gasteiger partial charge < -0.3 is 16.0 Å². The van der Waals surface area contributed by atoms with Crippen molar-refractivity contribution in [2.24, 2.45) is 5.92 Å². The van der Waals surface area contributed by atoms with E-state index < -0.39 is 0 Å². The Bertz CT molecular complexity index is 667. The zero-order valence-corrected chi connectivity index (χ0v) is 14.0. The van der Waals surface area contributed by atoms with Gasteiger partial charge in [-0.2, -0.15) is 0 Å². The second kappa shape index (κ2) is 8.72. The molecule has 5 nitrogen and oxygen atoms in total. The van der Waals surface area contributed by atoms with Crippen LogP contribution in [0.1, 0.15) is 25.8 Å². The molecule has 0 aliphatic heterocycles. The molecule has 0 atom stereocenters. The summed E-state index contributed by atoms with van der Waals surface area (Å²) in [7, 11) is 0. The molecule has 0 unspecified atom stereocenters. The molecule has 5 heteroatoms. The first-order chi connectivity index (χ1) is 11.5. The van der Waals surface area contributed by atoms with Crippen molar-refractivity contribution in [2.75, 3.05) is 10.6 Å². The van der Waals surface area contributed by atoms with Crippen molar-refractivity contribution in [3.8, 4) is 0 Å². The van der Waals surface area contributed by atoms with Crippen molar-refractivity contribution >= 4 is 23.3 Å². The summed E-state index contributed by atoms with van der Waals surface area (Å²) in [4.78, 5) is 23.6. The highest BCUT2D eigenvalue weighted by atomic mass is 16.2. The third kappa shape index (κ3) is 6.12. The molecule has 0 fully saturated rings. The average Bonchev–Trinajstić information content (AvgIpc) is 2.55. The van der Waals surface area contributed by atoms with Crippen LogP contribution < -0.4 is 16.0 Å². The predicted molar refractivity (Wildman–Crippen MR) is 96.8 cm³/mol. The van der Waals surface area contributed by atoms with Crippen LogP contribution in [-0.2, 0) is 11.3 Å². The molecule has 0 saturated carbocycles. The van der Waals surface area contributed by atoms with Gasteiger partial charge in [0.05, 0.1) is 0 Å². The van der Waals surface area contributed by atoms with E-state index in [1.54, 1.807) is 24.3 Å². The van der Waals surface area contributed by atoms with Crippen LogP contribution in [0.4, 0.5) is 16.2 Å². The lowest BCUT2D eigenvalue weighted by Crippen LogP contribution is -2.28. The van der Waals surface area contributed by atoms with Gasteiger partial charge in [-0.1, -0.05) is 44.2 Å². The van der Waals surface area contributed by atoms with E-state index in [0.29, 0.717) is 24.6 Å². The first-order valence-corrected chi connectivity index (χ1v) is 8.01. The normalized spacial score (nSPS) is 10.3. The molecule has 2 rings (SSSR count). The van der Waals surface area contributed by atoms with E-state index in [2.05, 4.69) is 16.0 Å². The minimum Gasteiger partial charge on any atom is -0.334 e. The maximum Gasteiger partial charge on any atom is 0.319 e. The molecule has 3 amide bonds. The summed E-state index contributed by atoms with van der Waals surface area (Å²) >= 11 is 0. The SMILES string of the molecule is CC(C)CC(=O)Nc1ccc(NC(=O)NCc2ccccc2)cc1. The van der Waals surface area contributed by atoms with Crippen LogP contribution >= 0.6 is 0 Å². The van der Waals surface area contributed by atoms with Gasteiger partial charge in [-0.05, 0) is 35.7 Å². The van der Waals surface area contributed by atoms with E-state index in [-0.39, 0.29) is 11.9 Å². The Hall–Kier alpha value is -2.82. The maximum absolute atomic E-state index is 11.9. The fraction of sp³-hybridized carbons (Fsp3) is 0.263. The summed E-state index contributed by atoms with van der Waals surface area (Å²) in [6.07, 6.45) is 0.488. The zero-order chi connectivity index (χ0) is 17.4. The number of hydrogen-bond donors (Lipinski definition) is 3. The summed E-state index contributed by atoms with van der Waals surface area (Å²) < 4.78 is 0. The van der Waals surface area contributed by atoms with Crippen LogP contribution in [0.15, 0.2) is 54.6 Å². The Morgan fingerprint density at radius 1 is 0.875 bits per heavy atom. The van der Waals surface area contributed by atoms with Crippen LogP contribution in [-0.4, -0.2) is 11.9 Å². The minimum absolute atomic E-state index is 0.00804. The smallest absolute Gasteiger partial charge is 0.319 e. The Balaban J connectivity index is 1.80. The van der Waals surface area contributed by atoms with E-state index in [1.807, 2.05) is 44.2 Å². The van der Waals surface area contributed by atoms with Gasteiger partial charge in [0, 0.05) is 24.3 Å². The molecule has 0 bridgehead atoms. The summed E-state index contributed by atoms with van der Waals surface area (Å²) in [5.74, 6) is 0.311. The molecule has 2 aromatic carbocycles. The highest BCUT2D eigenvalue weighted by molar-refractivity contribution is 5.92. The number of anilines is 2. The van der Waals surface area contributed by atoms with Crippen LogP contribution in [0.3, 0.4) is 0 Å².